The van der Waals surface area contributed by atoms with Gasteiger partial charge in [-0.05, 0) is 18.8 Å². The second-order valence-electron chi connectivity index (χ2n) is 4.23. The Morgan fingerprint density at radius 1 is 1.56 bits per heavy atom. The Morgan fingerprint density at radius 2 is 2.38 bits per heavy atom. The van der Waals surface area contributed by atoms with Gasteiger partial charge >= 0.3 is 0 Å². The molecule has 3 N–H and O–H groups in total. The summed E-state index contributed by atoms with van der Waals surface area (Å²) in [4.78, 5) is 8.20. The molecule has 1 aliphatic carbocycles. The number of hydrogen-bond donors (Lipinski definition) is 2. The number of ether oxygens (including phenoxy) is 1. The van der Waals surface area contributed by atoms with Gasteiger partial charge in [-0.15, -0.1) is 0 Å². The summed E-state index contributed by atoms with van der Waals surface area (Å²) in [7, 11) is 1.60. The predicted molar refractivity (Wildman–Crippen MR) is 60.6 cm³/mol. The van der Waals surface area contributed by atoms with Gasteiger partial charge in [0.1, 0.15) is 6.33 Å². The summed E-state index contributed by atoms with van der Waals surface area (Å²) >= 11 is 0. The standard InChI is InChI=1S/C11H18N4O/c1-16-11-6-10(13-7-14-11)9(15-12)5-4-8-2-3-8/h6-9,15H,2-5,12H2,1H3. The Labute approximate surface area is 95.4 Å². The molecule has 1 saturated carbocycles. The molecule has 16 heavy (non-hydrogen) atoms. The third kappa shape index (κ3) is 2.90. The zero-order valence-corrected chi connectivity index (χ0v) is 9.52. The summed E-state index contributed by atoms with van der Waals surface area (Å²) in [5.41, 5.74) is 3.71. The highest BCUT2D eigenvalue weighted by molar-refractivity contribution is 5.16. The first kappa shape index (κ1) is 11.3. The molecule has 0 bridgehead atoms. The molecular formula is C11H18N4O. The van der Waals surface area contributed by atoms with Crippen molar-refractivity contribution in [1.29, 1.82) is 0 Å². The number of hydrazine groups is 1. The Kier molecular flexibility index (Phi) is 3.69. The molecule has 0 spiro atoms. The van der Waals surface area contributed by atoms with E-state index in [1.807, 2.05) is 6.07 Å². The van der Waals surface area contributed by atoms with Crippen molar-refractivity contribution in [2.24, 2.45) is 11.8 Å². The first-order valence-electron chi connectivity index (χ1n) is 5.65. The number of hydrogen-bond acceptors (Lipinski definition) is 5. The van der Waals surface area contributed by atoms with Crippen molar-refractivity contribution in [3.63, 3.8) is 0 Å². The molecule has 1 fully saturated rings. The monoisotopic (exact) mass is 222 g/mol. The van der Waals surface area contributed by atoms with E-state index in [9.17, 15) is 0 Å². The van der Waals surface area contributed by atoms with Crippen molar-refractivity contribution in [2.45, 2.75) is 31.7 Å². The summed E-state index contributed by atoms with van der Waals surface area (Å²) in [6, 6.07) is 1.93. The van der Waals surface area contributed by atoms with E-state index in [4.69, 9.17) is 10.6 Å². The zero-order chi connectivity index (χ0) is 11.4. The topological polar surface area (TPSA) is 73.1 Å². The first-order valence-corrected chi connectivity index (χ1v) is 5.65. The molecule has 1 heterocycles. The van der Waals surface area contributed by atoms with E-state index < -0.39 is 0 Å². The molecule has 0 aromatic carbocycles. The number of nitrogens with two attached hydrogens (primary N) is 1. The van der Waals surface area contributed by atoms with Crippen LogP contribution >= 0.6 is 0 Å². The summed E-state index contributed by atoms with van der Waals surface area (Å²) in [5.74, 6) is 7.03. The van der Waals surface area contributed by atoms with Crippen LogP contribution in [0.1, 0.15) is 37.4 Å². The normalized spacial score (nSPS) is 17.1. The summed E-state index contributed by atoms with van der Waals surface area (Å²) in [6.07, 6.45) is 6.47. The maximum atomic E-state index is 5.55. The first-order chi connectivity index (χ1) is 7.83. The van der Waals surface area contributed by atoms with Gasteiger partial charge in [-0.3, -0.25) is 11.3 Å². The minimum absolute atomic E-state index is 0.0949. The fourth-order valence-electron chi connectivity index (χ4n) is 1.78. The van der Waals surface area contributed by atoms with Crippen LogP contribution in [0.2, 0.25) is 0 Å². The summed E-state index contributed by atoms with van der Waals surface area (Å²) in [6.45, 7) is 0. The third-order valence-corrected chi connectivity index (χ3v) is 2.99. The minimum atomic E-state index is 0.0949. The van der Waals surface area contributed by atoms with Gasteiger partial charge in [0.05, 0.1) is 18.8 Å². The van der Waals surface area contributed by atoms with E-state index in [1.165, 1.54) is 25.6 Å². The van der Waals surface area contributed by atoms with Gasteiger partial charge in [0, 0.05) is 6.07 Å². The Morgan fingerprint density at radius 3 is 3.00 bits per heavy atom. The van der Waals surface area contributed by atoms with Gasteiger partial charge in [0.15, 0.2) is 0 Å². The lowest BCUT2D eigenvalue weighted by molar-refractivity contribution is 0.392. The van der Waals surface area contributed by atoms with Gasteiger partial charge < -0.3 is 4.74 Å². The molecule has 5 nitrogen and oxygen atoms in total. The lowest BCUT2D eigenvalue weighted by atomic mass is 10.1. The second-order valence-corrected chi connectivity index (χ2v) is 4.23. The van der Waals surface area contributed by atoms with Crippen LogP contribution in [0.5, 0.6) is 5.88 Å². The largest absolute Gasteiger partial charge is 0.481 e. The van der Waals surface area contributed by atoms with E-state index in [1.54, 1.807) is 7.11 Å². The van der Waals surface area contributed by atoms with Crippen molar-refractivity contribution < 1.29 is 4.74 Å². The van der Waals surface area contributed by atoms with Crippen molar-refractivity contribution in [2.75, 3.05) is 7.11 Å². The van der Waals surface area contributed by atoms with Gasteiger partial charge in [-0.25, -0.2) is 9.97 Å². The van der Waals surface area contributed by atoms with Crippen LogP contribution in [-0.2, 0) is 0 Å². The second kappa shape index (κ2) is 5.23. The highest BCUT2D eigenvalue weighted by Gasteiger charge is 2.23. The van der Waals surface area contributed by atoms with Crippen molar-refractivity contribution in [3.8, 4) is 5.88 Å². The van der Waals surface area contributed by atoms with E-state index in [2.05, 4.69) is 15.4 Å². The number of nitrogens with one attached hydrogen (secondary N) is 1. The minimum Gasteiger partial charge on any atom is -0.481 e. The molecule has 1 unspecified atom stereocenters. The maximum Gasteiger partial charge on any atom is 0.216 e. The van der Waals surface area contributed by atoms with E-state index in [0.717, 1.165) is 18.0 Å². The zero-order valence-electron chi connectivity index (χ0n) is 9.52. The molecule has 0 saturated heterocycles. The van der Waals surface area contributed by atoms with Crippen molar-refractivity contribution in [3.05, 3.63) is 18.1 Å². The molecule has 1 aliphatic rings. The SMILES string of the molecule is COc1cc(C(CCC2CC2)NN)ncn1. The average Bonchev–Trinajstić information content (AvgIpc) is 3.14. The Balaban J connectivity index is 1.99. The molecule has 1 aromatic rings. The number of methoxy groups -OCH3 is 1. The van der Waals surface area contributed by atoms with Crippen LogP contribution in [0.3, 0.4) is 0 Å². The van der Waals surface area contributed by atoms with Crippen LogP contribution in [-0.4, -0.2) is 17.1 Å². The summed E-state index contributed by atoms with van der Waals surface area (Å²) in [5, 5.41) is 0. The van der Waals surface area contributed by atoms with Crippen molar-refractivity contribution >= 4 is 0 Å². The van der Waals surface area contributed by atoms with Crippen LogP contribution < -0.4 is 16.0 Å². The van der Waals surface area contributed by atoms with E-state index in [0.29, 0.717) is 5.88 Å². The van der Waals surface area contributed by atoms with Crippen molar-refractivity contribution in [1.82, 2.24) is 15.4 Å². The Bertz CT molecular complexity index is 341. The maximum absolute atomic E-state index is 5.55. The number of rotatable bonds is 6. The fourth-order valence-corrected chi connectivity index (χ4v) is 1.78. The van der Waals surface area contributed by atoms with Gasteiger partial charge in [0.2, 0.25) is 5.88 Å². The van der Waals surface area contributed by atoms with Gasteiger partial charge in [0.25, 0.3) is 0 Å². The average molecular weight is 222 g/mol. The molecule has 0 radical (unpaired) electrons. The molecule has 1 atom stereocenters. The molecule has 88 valence electrons. The molecular weight excluding hydrogens is 204 g/mol. The highest BCUT2D eigenvalue weighted by Crippen LogP contribution is 2.35. The van der Waals surface area contributed by atoms with E-state index in [-0.39, 0.29) is 6.04 Å². The van der Waals surface area contributed by atoms with Gasteiger partial charge in [-0.2, -0.15) is 0 Å². The smallest absolute Gasteiger partial charge is 0.216 e. The predicted octanol–water partition coefficient (Wildman–Crippen LogP) is 1.18. The number of aromatic nitrogens is 2. The fraction of sp³-hybridized carbons (Fsp3) is 0.636. The Hall–Kier alpha value is -1.20. The van der Waals surface area contributed by atoms with Crippen LogP contribution in [0.25, 0.3) is 0 Å². The van der Waals surface area contributed by atoms with Crippen LogP contribution in [0.4, 0.5) is 0 Å². The third-order valence-electron chi connectivity index (χ3n) is 2.99. The molecule has 5 heteroatoms. The van der Waals surface area contributed by atoms with Crippen LogP contribution in [0, 0.1) is 5.92 Å². The lowest BCUT2D eigenvalue weighted by Crippen LogP contribution is -2.28. The quantitative estimate of drug-likeness (QED) is 0.558. The van der Waals surface area contributed by atoms with E-state index >= 15 is 0 Å². The molecule has 0 amide bonds. The summed E-state index contributed by atoms with van der Waals surface area (Å²) < 4.78 is 5.07. The molecule has 1 aromatic heterocycles. The molecule has 2 rings (SSSR count). The molecule has 0 aliphatic heterocycles. The van der Waals surface area contributed by atoms with Crippen LogP contribution in [0.15, 0.2) is 12.4 Å². The lowest BCUT2D eigenvalue weighted by Gasteiger charge is -2.15. The highest BCUT2D eigenvalue weighted by atomic mass is 16.5. The van der Waals surface area contributed by atoms with Gasteiger partial charge in [-0.1, -0.05) is 12.8 Å². The number of nitrogens with zero attached hydrogens (tertiary/aromatic N) is 2.